The Balaban J connectivity index is 0.973. The summed E-state index contributed by atoms with van der Waals surface area (Å²) in [5.41, 5.74) is 19.0. The van der Waals surface area contributed by atoms with E-state index in [2.05, 4.69) is 69.5 Å². The van der Waals surface area contributed by atoms with E-state index >= 15 is 0 Å². The molecule has 6 heterocycles. The molecule has 18 nitrogen and oxygen atoms in total. The number of hydrogen-bond acceptors (Lipinski definition) is 14. The van der Waals surface area contributed by atoms with Gasteiger partial charge in [0, 0.05) is 103 Å². The van der Waals surface area contributed by atoms with Gasteiger partial charge in [0.1, 0.15) is 0 Å². The predicted octanol–water partition coefficient (Wildman–Crippen LogP) is 7.58. The van der Waals surface area contributed by atoms with Crippen LogP contribution in [0.1, 0.15) is 70.8 Å². The van der Waals surface area contributed by atoms with Crippen molar-refractivity contribution in [3.63, 3.8) is 0 Å². The summed E-state index contributed by atoms with van der Waals surface area (Å²) in [6.45, 7) is 5.10. The summed E-state index contributed by atoms with van der Waals surface area (Å²) < 4.78 is 2.99. The SMILES string of the molecule is CC(=O)N1CCN(c2ccc(N(c3cc(NCc4cccc5[nH]ccc45)c(C(N)=O)nn3)c3ccc(CNc4cc(Nc5cnn(C6CCCC6)c5)nnc4C(N)=O)c4sccc34)cc2)CC1. The average Bonchev–Trinajstić information content (AvgIpc) is 4.20. The third kappa shape index (κ3) is 8.87. The minimum absolute atomic E-state index is 0.0190. The number of amides is 3. The highest BCUT2D eigenvalue weighted by Gasteiger charge is 2.25. The summed E-state index contributed by atoms with van der Waals surface area (Å²) in [5.74, 6) is -0.436. The fourth-order valence-corrected chi connectivity index (χ4v) is 10.0. The zero-order valence-corrected chi connectivity index (χ0v) is 37.6. The molecule has 1 aliphatic carbocycles. The Morgan fingerprint density at radius 3 is 2.28 bits per heavy atom. The van der Waals surface area contributed by atoms with Crippen LogP contribution in [0.15, 0.2) is 103 Å². The van der Waals surface area contributed by atoms with Gasteiger partial charge in [0.25, 0.3) is 11.8 Å². The number of thiophene rings is 1. The molecule has 2 aliphatic rings. The van der Waals surface area contributed by atoms with Gasteiger partial charge >= 0.3 is 0 Å². The van der Waals surface area contributed by atoms with Crippen LogP contribution < -0.4 is 37.2 Å². The van der Waals surface area contributed by atoms with Gasteiger partial charge in [-0.25, -0.2) is 0 Å². The number of benzene rings is 3. The molecule has 2 fully saturated rings. The van der Waals surface area contributed by atoms with Crippen LogP contribution >= 0.6 is 11.3 Å². The van der Waals surface area contributed by atoms with E-state index in [-0.39, 0.29) is 17.3 Å². The fourth-order valence-electron chi connectivity index (χ4n) is 9.11. The standard InChI is InChI=1S/C48H49N15O3S/c1-29(64)60-18-20-61(21-19-60)33-10-12-35(13-11-33)63(43-24-40(45(48(50)66)59-57-43)52-25-30-5-4-8-38-36(30)15-17-51-38)41-14-9-31(46-37(41)16-22-67-46)26-53-39-23-42(56-58-44(39)47(49)65)55-32-27-54-62(28-32)34-6-2-3-7-34/h4-5,8-17,22-24,27-28,34,51H,2-3,6-7,18-21,25-26H2,1H3,(H2,49,65)(H2,50,66)(H,52,57)(H2,53,55,56). The Morgan fingerprint density at radius 1 is 0.806 bits per heavy atom. The quantitative estimate of drug-likeness (QED) is 0.0583. The number of H-pyrrole nitrogens is 1. The lowest BCUT2D eigenvalue weighted by Crippen LogP contribution is -2.48. The Hall–Kier alpha value is -8.06. The molecule has 1 saturated heterocycles. The number of aromatic nitrogens is 7. The van der Waals surface area contributed by atoms with Crippen LogP contribution in [0.4, 0.5) is 45.8 Å². The van der Waals surface area contributed by atoms with Gasteiger partial charge in [-0.05, 0) is 77.9 Å². The van der Waals surface area contributed by atoms with Crippen LogP contribution in [-0.2, 0) is 17.9 Å². The van der Waals surface area contributed by atoms with Crippen LogP contribution in [0.3, 0.4) is 0 Å². The number of hydrogen-bond donors (Lipinski definition) is 6. The third-order valence-corrected chi connectivity index (χ3v) is 13.6. The van der Waals surface area contributed by atoms with Crippen molar-refractivity contribution in [1.29, 1.82) is 0 Å². The van der Waals surface area contributed by atoms with E-state index in [0.29, 0.717) is 55.2 Å². The Kier molecular flexibility index (Phi) is 11.8. The van der Waals surface area contributed by atoms with E-state index < -0.39 is 11.8 Å². The molecule has 0 radical (unpaired) electrons. The predicted molar refractivity (Wildman–Crippen MR) is 262 cm³/mol. The number of fused-ring (bicyclic) bond motifs is 2. The van der Waals surface area contributed by atoms with Crippen molar-refractivity contribution in [1.82, 2.24) is 40.1 Å². The maximum Gasteiger partial charge on any atom is 0.271 e. The molecule has 8 N–H and O–H groups in total. The zero-order valence-electron chi connectivity index (χ0n) is 36.8. The highest BCUT2D eigenvalue weighted by molar-refractivity contribution is 7.17. The molecule has 67 heavy (non-hydrogen) atoms. The normalized spacial score (nSPS) is 14.2. The monoisotopic (exact) mass is 915 g/mol. The molecule has 340 valence electrons. The molecule has 0 unspecified atom stereocenters. The smallest absolute Gasteiger partial charge is 0.271 e. The van der Waals surface area contributed by atoms with Gasteiger partial charge in [-0.2, -0.15) is 5.10 Å². The maximum absolute atomic E-state index is 12.8. The number of nitrogens with one attached hydrogen (secondary N) is 4. The van der Waals surface area contributed by atoms with Gasteiger partial charge < -0.3 is 42.2 Å². The summed E-state index contributed by atoms with van der Waals surface area (Å²) in [6.07, 6.45) is 10.3. The number of carbonyl (C=O) groups is 3. The van der Waals surface area contributed by atoms with E-state index in [4.69, 9.17) is 11.5 Å². The van der Waals surface area contributed by atoms with Gasteiger partial charge in [0.2, 0.25) is 5.91 Å². The molecule has 19 heteroatoms. The van der Waals surface area contributed by atoms with Gasteiger partial charge in [-0.1, -0.05) is 31.0 Å². The van der Waals surface area contributed by atoms with Crippen molar-refractivity contribution in [3.05, 3.63) is 125 Å². The van der Waals surface area contributed by atoms with Crippen molar-refractivity contribution >= 4 is 95.8 Å². The topological polar surface area (TPSA) is 234 Å². The van der Waals surface area contributed by atoms with Crippen molar-refractivity contribution in [3.8, 4) is 0 Å². The van der Waals surface area contributed by atoms with Crippen molar-refractivity contribution in [2.45, 2.75) is 51.7 Å². The molecule has 0 bridgehead atoms. The van der Waals surface area contributed by atoms with Gasteiger partial charge in [0.15, 0.2) is 23.0 Å². The second kappa shape index (κ2) is 18.4. The second-order valence-corrected chi connectivity index (χ2v) is 17.7. The number of piperazine rings is 1. The summed E-state index contributed by atoms with van der Waals surface area (Å²) in [4.78, 5) is 46.8. The number of nitrogens with two attached hydrogens (primary N) is 2. The number of nitrogens with zero attached hydrogens (tertiary/aromatic N) is 9. The zero-order chi connectivity index (χ0) is 46.0. The number of carbonyl (C=O) groups excluding carboxylic acids is 3. The average molecular weight is 916 g/mol. The van der Waals surface area contributed by atoms with E-state index in [0.717, 1.165) is 80.8 Å². The first kappa shape index (κ1) is 42.9. The number of rotatable bonds is 15. The molecule has 0 spiro atoms. The lowest BCUT2D eigenvalue weighted by atomic mass is 10.1. The van der Waals surface area contributed by atoms with E-state index in [1.54, 1.807) is 36.6 Å². The molecule has 1 aliphatic heterocycles. The molecule has 1 saturated carbocycles. The first-order chi connectivity index (χ1) is 32.7. The van der Waals surface area contributed by atoms with Crippen molar-refractivity contribution < 1.29 is 14.4 Å². The van der Waals surface area contributed by atoms with Crippen LogP contribution in [0.2, 0.25) is 0 Å². The number of primary amides is 2. The van der Waals surface area contributed by atoms with E-state index in [9.17, 15) is 14.4 Å². The van der Waals surface area contributed by atoms with E-state index in [1.807, 2.05) is 80.8 Å². The van der Waals surface area contributed by atoms with Crippen LogP contribution in [0.5, 0.6) is 0 Å². The van der Waals surface area contributed by atoms with Crippen molar-refractivity contribution in [2.24, 2.45) is 11.5 Å². The van der Waals surface area contributed by atoms with E-state index in [1.165, 1.54) is 12.8 Å². The van der Waals surface area contributed by atoms with Crippen LogP contribution in [0, 0.1) is 0 Å². The van der Waals surface area contributed by atoms with Gasteiger partial charge in [-0.15, -0.1) is 31.7 Å². The molecular formula is C48H49N15O3S. The summed E-state index contributed by atoms with van der Waals surface area (Å²) >= 11 is 1.58. The van der Waals surface area contributed by atoms with Crippen LogP contribution in [0.25, 0.3) is 21.0 Å². The molecule has 5 aromatic heterocycles. The number of aromatic amines is 1. The summed E-state index contributed by atoms with van der Waals surface area (Å²) in [5, 5.41) is 36.2. The molecule has 3 amide bonds. The van der Waals surface area contributed by atoms with Gasteiger partial charge in [0.05, 0.1) is 35.0 Å². The van der Waals surface area contributed by atoms with Gasteiger partial charge in [-0.3, -0.25) is 24.0 Å². The van der Waals surface area contributed by atoms with Crippen LogP contribution in [-0.4, -0.2) is 84.0 Å². The first-order valence-corrected chi connectivity index (χ1v) is 23.1. The lowest BCUT2D eigenvalue weighted by Gasteiger charge is -2.36. The summed E-state index contributed by atoms with van der Waals surface area (Å²) in [7, 11) is 0. The molecular weight excluding hydrogens is 867 g/mol. The highest BCUT2D eigenvalue weighted by Crippen LogP contribution is 2.42. The fraction of sp³-hybridized carbons (Fsp3) is 0.250. The summed E-state index contributed by atoms with van der Waals surface area (Å²) in [6, 6.07) is 26.3. The molecule has 8 aromatic rings. The maximum atomic E-state index is 12.8. The largest absolute Gasteiger partial charge is 0.379 e. The third-order valence-electron chi connectivity index (χ3n) is 12.6. The second-order valence-electron chi connectivity index (χ2n) is 16.8. The number of anilines is 8. The highest BCUT2D eigenvalue weighted by atomic mass is 32.1. The first-order valence-electron chi connectivity index (χ1n) is 22.3. The Labute approximate surface area is 389 Å². The molecule has 0 atom stereocenters. The molecule has 10 rings (SSSR count). The minimum Gasteiger partial charge on any atom is -0.379 e. The Bertz CT molecular complexity index is 3110. The Morgan fingerprint density at radius 2 is 1.54 bits per heavy atom. The molecule has 3 aromatic carbocycles. The minimum atomic E-state index is -0.707. The van der Waals surface area contributed by atoms with Crippen molar-refractivity contribution in [2.75, 3.05) is 51.9 Å². The lowest BCUT2D eigenvalue weighted by molar-refractivity contribution is -0.129.